The van der Waals surface area contributed by atoms with Gasteiger partial charge >= 0.3 is 0 Å². The van der Waals surface area contributed by atoms with Crippen molar-refractivity contribution in [2.45, 2.75) is 129 Å². The van der Waals surface area contributed by atoms with Crippen LogP contribution in [-0.2, 0) is 17.1 Å². The fourth-order valence-corrected chi connectivity index (χ4v) is 5.53. The van der Waals surface area contributed by atoms with E-state index in [1.165, 1.54) is 37.7 Å². The third-order valence-electron chi connectivity index (χ3n) is 8.06. The molecule has 0 bridgehead atoms. The summed E-state index contributed by atoms with van der Waals surface area (Å²) in [6, 6.07) is 1.46. The standard InChI is InChI=1S/C33H49F4N3O2/c1-3-5-7-8-9-12-16-27(34)24-42-28-22-38-32(39-23-28)29-21-25-17-18-26(33(36,37)30(25)31(35)40-29)15-11-10-14-20-41-19-13-6-4-2/h21-23,26-27H,3-20,24H2,1-2H3. The Hall–Kier alpha value is -2.29. The smallest absolute Gasteiger partial charge is 0.280 e. The van der Waals surface area contributed by atoms with Gasteiger partial charge in [-0.05, 0) is 50.2 Å². The van der Waals surface area contributed by atoms with Crippen molar-refractivity contribution in [2.75, 3.05) is 19.8 Å². The molecule has 0 saturated carbocycles. The second-order valence-electron chi connectivity index (χ2n) is 11.6. The number of halogens is 4. The Morgan fingerprint density at radius 2 is 1.55 bits per heavy atom. The Morgan fingerprint density at radius 1 is 0.905 bits per heavy atom. The van der Waals surface area contributed by atoms with Crippen LogP contribution in [0.5, 0.6) is 5.75 Å². The van der Waals surface area contributed by atoms with Gasteiger partial charge < -0.3 is 9.47 Å². The molecule has 2 aromatic heterocycles. The third kappa shape index (κ3) is 10.8. The van der Waals surface area contributed by atoms with E-state index in [0.29, 0.717) is 38.0 Å². The van der Waals surface area contributed by atoms with E-state index in [2.05, 4.69) is 28.8 Å². The number of aromatic nitrogens is 3. The second-order valence-corrected chi connectivity index (χ2v) is 11.6. The Morgan fingerprint density at radius 3 is 2.29 bits per heavy atom. The Labute approximate surface area is 249 Å². The van der Waals surface area contributed by atoms with Crippen LogP contribution < -0.4 is 4.74 Å². The normalized spacial score (nSPS) is 16.8. The zero-order valence-electron chi connectivity index (χ0n) is 25.5. The third-order valence-corrected chi connectivity index (χ3v) is 8.06. The number of fused-ring (bicyclic) bond motifs is 1. The fraction of sp³-hybridized carbons (Fsp3) is 0.727. The van der Waals surface area contributed by atoms with Crippen molar-refractivity contribution >= 4 is 0 Å². The second kappa shape index (κ2) is 18.4. The summed E-state index contributed by atoms with van der Waals surface area (Å²) in [7, 11) is 0. The predicted molar refractivity (Wildman–Crippen MR) is 158 cm³/mol. The van der Waals surface area contributed by atoms with E-state index in [-0.39, 0.29) is 30.1 Å². The molecule has 9 heteroatoms. The number of unbranched alkanes of at least 4 members (excludes halogenated alkanes) is 9. The number of rotatable bonds is 21. The van der Waals surface area contributed by atoms with Crippen molar-refractivity contribution in [2.24, 2.45) is 5.92 Å². The Balaban J connectivity index is 1.48. The van der Waals surface area contributed by atoms with Gasteiger partial charge in [0.05, 0.1) is 18.0 Å². The van der Waals surface area contributed by atoms with Gasteiger partial charge in [-0.15, -0.1) is 0 Å². The topological polar surface area (TPSA) is 57.1 Å². The van der Waals surface area contributed by atoms with Crippen LogP contribution in [0, 0.1) is 11.9 Å². The van der Waals surface area contributed by atoms with Crippen molar-refractivity contribution in [3.63, 3.8) is 0 Å². The molecule has 0 aliphatic heterocycles. The van der Waals surface area contributed by atoms with E-state index in [0.717, 1.165) is 58.0 Å². The monoisotopic (exact) mass is 595 g/mol. The largest absolute Gasteiger partial charge is 0.487 e. The molecule has 236 valence electrons. The number of hydrogen-bond donors (Lipinski definition) is 0. The summed E-state index contributed by atoms with van der Waals surface area (Å²) < 4.78 is 71.1. The minimum atomic E-state index is -3.28. The van der Waals surface area contributed by atoms with E-state index < -0.39 is 29.5 Å². The molecule has 0 radical (unpaired) electrons. The maximum Gasteiger partial charge on any atom is 0.280 e. The lowest BCUT2D eigenvalue weighted by molar-refractivity contribution is -0.0825. The zero-order chi connectivity index (χ0) is 30.2. The van der Waals surface area contributed by atoms with Gasteiger partial charge in [0.25, 0.3) is 5.92 Å². The van der Waals surface area contributed by atoms with Gasteiger partial charge in [-0.25, -0.2) is 28.1 Å². The molecular weight excluding hydrogens is 546 g/mol. The lowest BCUT2D eigenvalue weighted by Crippen LogP contribution is -2.33. The molecule has 2 unspecified atom stereocenters. The van der Waals surface area contributed by atoms with Crippen LogP contribution in [0.2, 0.25) is 0 Å². The van der Waals surface area contributed by atoms with Crippen LogP contribution in [0.1, 0.15) is 121 Å². The van der Waals surface area contributed by atoms with Crippen LogP contribution in [0.25, 0.3) is 11.5 Å². The summed E-state index contributed by atoms with van der Waals surface area (Å²) in [5.41, 5.74) is -0.253. The predicted octanol–water partition coefficient (Wildman–Crippen LogP) is 9.57. The number of pyridine rings is 1. The highest BCUT2D eigenvalue weighted by Crippen LogP contribution is 2.47. The van der Waals surface area contributed by atoms with Crippen molar-refractivity contribution in [1.82, 2.24) is 15.0 Å². The van der Waals surface area contributed by atoms with Crippen LogP contribution in [-0.4, -0.2) is 40.9 Å². The van der Waals surface area contributed by atoms with Gasteiger partial charge in [0.2, 0.25) is 5.95 Å². The molecule has 2 heterocycles. The molecule has 0 spiro atoms. The summed E-state index contributed by atoms with van der Waals surface area (Å²) in [5.74, 6) is -4.96. The number of hydrogen-bond acceptors (Lipinski definition) is 5. The van der Waals surface area contributed by atoms with Crippen LogP contribution in [0.4, 0.5) is 17.6 Å². The van der Waals surface area contributed by atoms with Crippen molar-refractivity contribution < 1.29 is 27.0 Å². The SMILES string of the molecule is CCCCCCCCC(F)COc1cnc(-c2cc3c(c(F)n2)C(F)(F)C(CCCCCOCCCCC)CC3)nc1. The first-order valence-corrected chi connectivity index (χ1v) is 16.1. The maximum absolute atomic E-state index is 15.4. The number of nitrogens with zero attached hydrogens (tertiary/aromatic N) is 3. The molecule has 42 heavy (non-hydrogen) atoms. The molecule has 3 rings (SSSR count). The van der Waals surface area contributed by atoms with Crippen LogP contribution in [0.15, 0.2) is 18.5 Å². The molecule has 0 fully saturated rings. The molecule has 0 amide bonds. The van der Waals surface area contributed by atoms with Gasteiger partial charge in [-0.3, -0.25) is 0 Å². The van der Waals surface area contributed by atoms with E-state index in [1.54, 1.807) is 0 Å². The minimum absolute atomic E-state index is 0.0908. The number of ether oxygens (including phenoxy) is 2. The van der Waals surface area contributed by atoms with Crippen molar-refractivity contribution in [3.05, 3.63) is 35.5 Å². The lowest BCUT2D eigenvalue weighted by Gasteiger charge is -2.33. The minimum Gasteiger partial charge on any atom is -0.487 e. The average Bonchev–Trinajstić information content (AvgIpc) is 2.97. The van der Waals surface area contributed by atoms with Gasteiger partial charge in [0.1, 0.15) is 18.5 Å². The molecule has 0 saturated heterocycles. The first-order valence-electron chi connectivity index (χ1n) is 16.1. The molecule has 0 N–H and O–H groups in total. The summed E-state index contributed by atoms with van der Waals surface area (Å²) in [4.78, 5) is 12.2. The van der Waals surface area contributed by atoms with Gasteiger partial charge in [-0.2, -0.15) is 4.39 Å². The fourth-order valence-electron chi connectivity index (χ4n) is 5.53. The molecule has 0 aromatic carbocycles. The first kappa shape index (κ1) is 34.2. The molecular formula is C33H49F4N3O2. The molecule has 5 nitrogen and oxygen atoms in total. The molecule has 2 atom stereocenters. The molecule has 2 aromatic rings. The van der Waals surface area contributed by atoms with E-state index in [4.69, 9.17) is 9.47 Å². The van der Waals surface area contributed by atoms with E-state index in [1.807, 2.05) is 0 Å². The van der Waals surface area contributed by atoms with Crippen LogP contribution >= 0.6 is 0 Å². The Kier molecular flexibility index (Phi) is 15.0. The Bertz CT molecular complexity index is 1040. The zero-order valence-corrected chi connectivity index (χ0v) is 25.5. The number of alkyl halides is 3. The highest BCUT2D eigenvalue weighted by molar-refractivity contribution is 5.53. The van der Waals surface area contributed by atoms with Gasteiger partial charge in [0, 0.05) is 19.1 Å². The first-order chi connectivity index (χ1) is 20.4. The summed E-state index contributed by atoms with van der Waals surface area (Å²) in [6.07, 6.45) is 15.3. The highest BCUT2D eigenvalue weighted by Gasteiger charge is 2.47. The summed E-state index contributed by atoms with van der Waals surface area (Å²) in [6.45, 7) is 5.62. The lowest BCUT2D eigenvalue weighted by atomic mass is 9.78. The van der Waals surface area contributed by atoms with Crippen molar-refractivity contribution in [3.8, 4) is 17.3 Å². The van der Waals surface area contributed by atoms with Gasteiger partial charge in [0.15, 0.2) is 11.6 Å². The van der Waals surface area contributed by atoms with E-state index >= 15 is 13.2 Å². The summed E-state index contributed by atoms with van der Waals surface area (Å²) in [5, 5.41) is 0. The van der Waals surface area contributed by atoms with Crippen molar-refractivity contribution in [1.29, 1.82) is 0 Å². The molecule has 1 aliphatic rings. The van der Waals surface area contributed by atoms with Gasteiger partial charge in [-0.1, -0.05) is 78.1 Å². The highest BCUT2D eigenvalue weighted by atomic mass is 19.3. The summed E-state index contributed by atoms with van der Waals surface area (Å²) >= 11 is 0. The number of aryl methyl sites for hydroxylation is 1. The van der Waals surface area contributed by atoms with Crippen LogP contribution in [0.3, 0.4) is 0 Å². The van der Waals surface area contributed by atoms with E-state index in [9.17, 15) is 4.39 Å². The maximum atomic E-state index is 15.4. The average molecular weight is 596 g/mol. The quantitative estimate of drug-likeness (QED) is 0.0817. The molecule has 1 aliphatic carbocycles.